The molecule has 2 aliphatic rings. The molecule has 0 radical (unpaired) electrons. The van der Waals surface area contributed by atoms with Crippen molar-refractivity contribution < 1.29 is 14.3 Å². The number of thiazole rings is 1. The van der Waals surface area contributed by atoms with E-state index in [9.17, 15) is 9.59 Å². The summed E-state index contributed by atoms with van der Waals surface area (Å²) in [6.45, 7) is 0.558. The van der Waals surface area contributed by atoms with Gasteiger partial charge < -0.3 is 15.4 Å². The van der Waals surface area contributed by atoms with Crippen LogP contribution in [0.1, 0.15) is 57.7 Å². The zero-order valence-corrected chi connectivity index (χ0v) is 26.1. The Hall–Kier alpha value is -5.61. The largest absolute Gasteiger partial charge is 0.449 e. The highest BCUT2D eigenvalue weighted by Crippen LogP contribution is 2.44. The number of aromatic nitrogens is 4. The summed E-state index contributed by atoms with van der Waals surface area (Å²) in [6.07, 6.45) is 1.81. The van der Waals surface area contributed by atoms with E-state index in [1.807, 2.05) is 72.8 Å². The number of alkyl carbamates (subject to hydrolysis) is 1. The number of nitrogens with one attached hydrogen (secondary N) is 3. The molecule has 2 aromatic heterocycles. The first-order valence-electron chi connectivity index (χ1n) is 15.6. The van der Waals surface area contributed by atoms with Crippen molar-refractivity contribution >= 4 is 29.0 Å². The standard InChI is InChI=1S/C37H30N6O3S/c44-35(39-26-10-6-8-24(18-26)34-41-33(42-43-34)23-15-16-23)32-21-47-36(40-32)25-9-5-7-22(17-25)19-38-37(45)46-20-31-29-13-3-1-11-27(29)28-12-2-4-14-30(28)31/h1-14,17-18,21,23,31H,15-16,19-20H2,(H,38,45)(H,39,44)(H,41,42,43). The van der Waals surface area contributed by atoms with Gasteiger partial charge in [0.2, 0.25) is 0 Å². The number of carbonyl (C=O) groups excluding carboxylic acids is 2. The number of anilines is 1. The summed E-state index contributed by atoms with van der Waals surface area (Å²) in [5.41, 5.74) is 8.28. The Morgan fingerprint density at radius 2 is 1.60 bits per heavy atom. The minimum absolute atomic E-state index is 0.00466. The van der Waals surface area contributed by atoms with Gasteiger partial charge in [0, 0.05) is 40.6 Å². The van der Waals surface area contributed by atoms with Gasteiger partial charge in [0.05, 0.1) is 0 Å². The van der Waals surface area contributed by atoms with Gasteiger partial charge in [0.1, 0.15) is 23.1 Å². The SMILES string of the molecule is O=C(NCc1cccc(-c2nc(C(=O)Nc3cccc(-c4n[nH]c(C5CC5)n4)c3)cs2)c1)OCC1c2ccccc2-c2ccccc21. The minimum Gasteiger partial charge on any atom is -0.449 e. The Kier molecular flexibility index (Phi) is 7.54. The molecule has 0 atom stereocenters. The zero-order valence-electron chi connectivity index (χ0n) is 25.3. The van der Waals surface area contributed by atoms with Gasteiger partial charge in [-0.1, -0.05) is 78.9 Å². The maximum atomic E-state index is 13.1. The fourth-order valence-electron chi connectivity index (χ4n) is 6.02. The van der Waals surface area contributed by atoms with E-state index in [1.165, 1.54) is 33.6 Å². The molecule has 2 aliphatic carbocycles. The first-order valence-corrected chi connectivity index (χ1v) is 16.4. The molecule has 4 aromatic carbocycles. The van der Waals surface area contributed by atoms with Gasteiger partial charge in [-0.2, -0.15) is 5.10 Å². The average molecular weight is 639 g/mol. The van der Waals surface area contributed by atoms with E-state index < -0.39 is 6.09 Å². The van der Waals surface area contributed by atoms with Gasteiger partial charge >= 0.3 is 6.09 Å². The van der Waals surface area contributed by atoms with E-state index in [0.717, 1.165) is 35.4 Å². The molecule has 0 saturated heterocycles. The number of rotatable bonds is 9. The van der Waals surface area contributed by atoms with Crippen LogP contribution in [0.25, 0.3) is 33.1 Å². The van der Waals surface area contributed by atoms with Crippen molar-refractivity contribution in [3.63, 3.8) is 0 Å². The molecule has 10 heteroatoms. The van der Waals surface area contributed by atoms with E-state index >= 15 is 0 Å². The zero-order chi connectivity index (χ0) is 31.7. The summed E-state index contributed by atoms with van der Waals surface area (Å²) in [5.74, 6) is 1.72. The second-order valence-corrected chi connectivity index (χ2v) is 12.6. The van der Waals surface area contributed by atoms with Crippen molar-refractivity contribution in [2.24, 2.45) is 0 Å². The highest BCUT2D eigenvalue weighted by atomic mass is 32.1. The third-order valence-electron chi connectivity index (χ3n) is 8.54. The summed E-state index contributed by atoms with van der Waals surface area (Å²) in [7, 11) is 0. The highest BCUT2D eigenvalue weighted by Gasteiger charge is 2.29. The van der Waals surface area contributed by atoms with Crippen LogP contribution in [0.3, 0.4) is 0 Å². The van der Waals surface area contributed by atoms with Crippen LogP contribution in [0, 0.1) is 0 Å². The number of aromatic amines is 1. The lowest BCUT2D eigenvalue weighted by molar-refractivity contribution is 0.102. The van der Waals surface area contributed by atoms with Gasteiger partial charge in [-0.05, 0) is 58.9 Å². The number of H-pyrrole nitrogens is 1. The molecule has 0 spiro atoms. The fraction of sp³-hybridized carbons (Fsp3) is 0.162. The number of ether oxygens (including phenoxy) is 1. The minimum atomic E-state index is -0.471. The summed E-state index contributed by atoms with van der Waals surface area (Å²) < 4.78 is 5.69. The van der Waals surface area contributed by atoms with E-state index in [4.69, 9.17) is 4.74 Å². The van der Waals surface area contributed by atoms with Crippen LogP contribution in [-0.2, 0) is 11.3 Å². The van der Waals surface area contributed by atoms with Crippen molar-refractivity contribution in [2.45, 2.75) is 31.2 Å². The van der Waals surface area contributed by atoms with Gasteiger partial charge in [-0.15, -0.1) is 11.3 Å². The van der Waals surface area contributed by atoms with Crippen LogP contribution >= 0.6 is 11.3 Å². The Morgan fingerprint density at radius 1 is 0.851 bits per heavy atom. The molecule has 0 aliphatic heterocycles. The van der Waals surface area contributed by atoms with Crippen LogP contribution in [0.4, 0.5) is 10.5 Å². The lowest BCUT2D eigenvalue weighted by Gasteiger charge is -2.14. The predicted octanol–water partition coefficient (Wildman–Crippen LogP) is 7.76. The number of benzene rings is 4. The summed E-state index contributed by atoms with van der Waals surface area (Å²) in [4.78, 5) is 35.0. The van der Waals surface area contributed by atoms with Gasteiger partial charge in [0.15, 0.2) is 5.82 Å². The lowest BCUT2D eigenvalue weighted by atomic mass is 9.98. The molecule has 9 nitrogen and oxygen atoms in total. The van der Waals surface area contributed by atoms with Crippen molar-refractivity contribution in [1.29, 1.82) is 0 Å². The summed E-state index contributed by atoms with van der Waals surface area (Å²) in [6, 6.07) is 31.8. The van der Waals surface area contributed by atoms with Crippen LogP contribution in [0.2, 0.25) is 0 Å². The number of hydrogen-bond acceptors (Lipinski definition) is 7. The summed E-state index contributed by atoms with van der Waals surface area (Å²) in [5, 5.41) is 15.6. The maximum Gasteiger partial charge on any atom is 0.407 e. The van der Waals surface area contributed by atoms with E-state index in [0.29, 0.717) is 34.7 Å². The molecule has 2 amide bonds. The topological polar surface area (TPSA) is 122 Å². The fourth-order valence-corrected chi connectivity index (χ4v) is 6.82. The summed E-state index contributed by atoms with van der Waals surface area (Å²) >= 11 is 1.39. The second kappa shape index (κ2) is 12.3. The molecular weight excluding hydrogens is 609 g/mol. The van der Waals surface area contributed by atoms with Crippen LogP contribution in [0.5, 0.6) is 0 Å². The number of amides is 2. The molecule has 1 fully saturated rings. The predicted molar refractivity (Wildman–Crippen MR) is 181 cm³/mol. The van der Waals surface area contributed by atoms with E-state index in [1.54, 1.807) is 5.38 Å². The third-order valence-corrected chi connectivity index (χ3v) is 9.43. The van der Waals surface area contributed by atoms with Gasteiger partial charge in [-0.3, -0.25) is 9.89 Å². The molecule has 232 valence electrons. The Balaban J connectivity index is 0.876. The molecule has 47 heavy (non-hydrogen) atoms. The van der Waals surface area contributed by atoms with Crippen molar-refractivity contribution in [3.8, 4) is 33.1 Å². The highest BCUT2D eigenvalue weighted by molar-refractivity contribution is 7.13. The molecule has 6 aromatic rings. The maximum absolute atomic E-state index is 13.1. The average Bonchev–Trinajstić information content (AvgIpc) is 3.50. The van der Waals surface area contributed by atoms with Gasteiger partial charge in [-0.25, -0.2) is 14.8 Å². The van der Waals surface area contributed by atoms with Crippen LogP contribution in [-0.4, -0.2) is 38.8 Å². The van der Waals surface area contributed by atoms with Crippen molar-refractivity contribution in [1.82, 2.24) is 25.5 Å². The molecular formula is C37H30N6O3S. The van der Waals surface area contributed by atoms with Crippen LogP contribution in [0.15, 0.2) is 102 Å². The lowest BCUT2D eigenvalue weighted by Crippen LogP contribution is -2.25. The smallest absolute Gasteiger partial charge is 0.407 e. The normalized spacial score (nSPS) is 13.5. The second-order valence-electron chi connectivity index (χ2n) is 11.8. The quantitative estimate of drug-likeness (QED) is 0.149. The molecule has 0 unspecified atom stereocenters. The molecule has 2 heterocycles. The monoisotopic (exact) mass is 638 g/mol. The molecule has 0 bridgehead atoms. The van der Waals surface area contributed by atoms with E-state index in [-0.39, 0.29) is 18.4 Å². The molecule has 3 N–H and O–H groups in total. The Morgan fingerprint density at radius 3 is 2.38 bits per heavy atom. The Bertz CT molecular complexity index is 2070. The number of fused-ring (bicyclic) bond motifs is 3. The number of nitrogens with zero attached hydrogens (tertiary/aromatic N) is 3. The first kappa shape index (κ1) is 28.8. The van der Waals surface area contributed by atoms with Crippen molar-refractivity contribution in [2.75, 3.05) is 11.9 Å². The van der Waals surface area contributed by atoms with Gasteiger partial charge in [0.25, 0.3) is 5.91 Å². The van der Waals surface area contributed by atoms with E-state index in [2.05, 4.69) is 55.1 Å². The number of carbonyl (C=O) groups is 2. The van der Waals surface area contributed by atoms with Crippen LogP contribution < -0.4 is 10.6 Å². The number of hydrogen-bond donors (Lipinski definition) is 3. The molecule has 1 saturated carbocycles. The first-order chi connectivity index (χ1) is 23.1. The van der Waals surface area contributed by atoms with Crippen molar-refractivity contribution in [3.05, 3.63) is 131 Å². The third kappa shape index (κ3) is 6.03. The Labute approximate surface area is 275 Å². The molecule has 8 rings (SSSR count).